The summed E-state index contributed by atoms with van der Waals surface area (Å²) in [6, 6.07) is 16.2. The summed E-state index contributed by atoms with van der Waals surface area (Å²) in [7, 11) is 0. The molecule has 2 aromatic carbocycles. The molecule has 0 spiro atoms. The van der Waals surface area contributed by atoms with Crippen molar-refractivity contribution in [2.24, 2.45) is 0 Å². The summed E-state index contributed by atoms with van der Waals surface area (Å²) in [6.45, 7) is 15.3. The number of allylic oxidation sites excluding steroid dienone is 4. The molecule has 2 amide bonds. The molecule has 1 N–H and O–H groups in total. The van der Waals surface area contributed by atoms with E-state index < -0.39 is 0 Å². The lowest BCUT2D eigenvalue weighted by molar-refractivity contribution is -0.130. The first-order chi connectivity index (χ1) is 19.2. The van der Waals surface area contributed by atoms with E-state index in [9.17, 15) is 9.59 Å². The number of rotatable bonds is 9. The first-order valence-electron chi connectivity index (χ1n) is 14.2. The Morgan fingerprint density at radius 3 is 2.17 bits per heavy atom. The Bertz CT molecular complexity index is 1280. The fourth-order valence-electron chi connectivity index (χ4n) is 5.20. The Kier molecular flexibility index (Phi) is 10.1. The van der Waals surface area contributed by atoms with Crippen molar-refractivity contribution in [2.75, 3.05) is 49.1 Å². The molecule has 0 aliphatic carbocycles. The predicted molar refractivity (Wildman–Crippen MR) is 166 cm³/mol. The minimum Gasteiger partial charge on any atom is -0.372 e. The van der Waals surface area contributed by atoms with Crippen LogP contribution in [-0.4, -0.2) is 56.0 Å². The lowest BCUT2D eigenvalue weighted by atomic mass is 10.0. The summed E-state index contributed by atoms with van der Waals surface area (Å²) in [4.78, 5) is 32.4. The van der Waals surface area contributed by atoms with E-state index in [-0.39, 0.29) is 18.2 Å². The fraction of sp³-hybridized carbons (Fsp3) is 0.394. The van der Waals surface area contributed by atoms with Crippen molar-refractivity contribution in [3.05, 3.63) is 94.1 Å². The van der Waals surface area contributed by atoms with Gasteiger partial charge in [-0.25, -0.2) is 0 Å². The van der Waals surface area contributed by atoms with Gasteiger partial charge in [0, 0.05) is 67.8 Å². The largest absolute Gasteiger partial charge is 0.372 e. The highest BCUT2D eigenvalue weighted by Gasteiger charge is 2.23. The van der Waals surface area contributed by atoms with Crippen molar-refractivity contribution in [1.82, 2.24) is 10.2 Å². The number of carbonyl (C=O) groups is 2. The highest BCUT2D eigenvalue weighted by molar-refractivity contribution is 6.32. The highest BCUT2D eigenvalue weighted by Crippen LogP contribution is 2.25. The third-order valence-electron chi connectivity index (χ3n) is 7.51. The Labute approximate surface area is 244 Å². The maximum Gasteiger partial charge on any atom is 0.251 e. The first kappa shape index (κ1) is 29.5. The molecule has 2 heterocycles. The van der Waals surface area contributed by atoms with E-state index in [1.165, 1.54) is 18.5 Å². The number of nitrogens with one attached hydrogen (secondary N) is 1. The SMILES string of the molecule is C=C(C)/C(CC(=O)N1CCN(c2ccc(C(=O)NCc3cccc(N4CCCC4)c3)cc2)CC1)=C(/Cl)C=C(C)C. The Hall–Kier alpha value is -3.51. The van der Waals surface area contributed by atoms with Gasteiger partial charge in [-0.2, -0.15) is 0 Å². The number of anilines is 2. The summed E-state index contributed by atoms with van der Waals surface area (Å²) in [6.07, 6.45) is 4.62. The minimum absolute atomic E-state index is 0.0657. The van der Waals surface area contributed by atoms with E-state index in [2.05, 4.69) is 46.0 Å². The molecule has 0 atom stereocenters. The second kappa shape index (κ2) is 13.7. The number of hydrogen-bond donors (Lipinski definition) is 1. The molecule has 4 rings (SSSR count). The zero-order valence-corrected chi connectivity index (χ0v) is 24.8. The van der Waals surface area contributed by atoms with E-state index in [1.54, 1.807) is 0 Å². The van der Waals surface area contributed by atoms with Gasteiger partial charge in [0.1, 0.15) is 0 Å². The molecule has 212 valence electrons. The Balaban J connectivity index is 1.28. The van der Waals surface area contributed by atoms with Crippen LogP contribution in [0.1, 0.15) is 56.0 Å². The molecule has 0 radical (unpaired) electrons. The molecular formula is C33H41ClN4O2. The van der Waals surface area contributed by atoms with Crippen LogP contribution < -0.4 is 15.1 Å². The van der Waals surface area contributed by atoms with Crippen LogP contribution in [0, 0.1) is 0 Å². The predicted octanol–water partition coefficient (Wildman–Crippen LogP) is 6.29. The molecular weight excluding hydrogens is 520 g/mol. The highest BCUT2D eigenvalue weighted by atomic mass is 35.5. The summed E-state index contributed by atoms with van der Waals surface area (Å²) in [5.74, 6) is -0.0161. The summed E-state index contributed by atoms with van der Waals surface area (Å²) < 4.78 is 0. The molecule has 0 saturated carbocycles. The number of carbonyl (C=O) groups excluding carboxylic acids is 2. The minimum atomic E-state index is -0.0818. The van der Waals surface area contributed by atoms with E-state index in [0.717, 1.165) is 54.1 Å². The molecule has 2 aliphatic rings. The van der Waals surface area contributed by atoms with E-state index >= 15 is 0 Å². The van der Waals surface area contributed by atoms with Gasteiger partial charge in [-0.3, -0.25) is 9.59 Å². The summed E-state index contributed by atoms with van der Waals surface area (Å²) in [5, 5.41) is 3.64. The van der Waals surface area contributed by atoms with E-state index in [4.69, 9.17) is 11.6 Å². The van der Waals surface area contributed by atoms with Gasteiger partial charge in [-0.05, 0) is 87.2 Å². The maximum absolute atomic E-state index is 13.0. The van der Waals surface area contributed by atoms with Gasteiger partial charge in [-0.1, -0.05) is 41.5 Å². The van der Waals surface area contributed by atoms with Crippen LogP contribution in [0.25, 0.3) is 0 Å². The molecule has 2 aromatic rings. The lowest BCUT2D eigenvalue weighted by Crippen LogP contribution is -2.48. The lowest BCUT2D eigenvalue weighted by Gasteiger charge is -2.36. The van der Waals surface area contributed by atoms with Crippen molar-refractivity contribution >= 4 is 34.8 Å². The average molecular weight is 561 g/mol. The van der Waals surface area contributed by atoms with Crippen molar-refractivity contribution in [2.45, 2.75) is 46.6 Å². The van der Waals surface area contributed by atoms with Crippen LogP contribution in [0.3, 0.4) is 0 Å². The number of benzene rings is 2. The molecule has 2 fully saturated rings. The second-order valence-corrected chi connectivity index (χ2v) is 11.4. The number of hydrogen-bond acceptors (Lipinski definition) is 4. The van der Waals surface area contributed by atoms with Gasteiger partial charge in [0.05, 0.1) is 6.42 Å². The van der Waals surface area contributed by atoms with Gasteiger partial charge in [-0.15, -0.1) is 0 Å². The molecule has 40 heavy (non-hydrogen) atoms. The number of halogens is 1. The third kappa shape index (κ3) is 7.79. The van der Waals surface area contributed by atoms with Gasteiger partial charge < -0.3 is 20.0 Å². The van der Waals surface area contributed by atoms with Crippen molar-refractivity contribution in [1.29, 1.82) is 0 Å². The number of amides is 2. The normalized spacial score (nSPS) is 15.9. The van der Waals surface area contributed by atoms with Gasteiger partial charge >= 0.3 is 0 Å². The van der Waals surface area contributed by atoms with Gasteiger partial charge in [0.25, 0.3) is 5.91 Å². The van der Waals surface area contributed by atoms with Gasteiger partial charge in [0.2, 0.25) is 5.91 Å². The van der Waals surface area contributed by atoms with Crippen LogP contribution in [0.4, 0.5) is 11.4 Å². The smallest absolute Gasteiger partial charge is 0.251 e. The molecule has 0 unspecified atom stereocenters. The van der Waals surface area contributed by atoms with E-state index in [0.29, 0.717) is 30.2 Å². The Morgan fingerprint density at radius 2 is 1.55 bits per heavy atom. The van der Waals surface area contributed by atoms with E-state index in [1.807, 2.05) is 56.0 Å². The molecule has 0 aromatic heterocycles. The zero-order chi connectivity index (χ0) is 28.6. The number of nitrogens with zero attached hydrogens (tertiary/aromatic N) is 3. The molecule has 0 bridgehead atoms. The van der Waals surface area contributed by atoms with Gasteiger partial charge in [0.15, 0.2) is 0 Å². The van der Waals surface area contributed by atoms with Crippen molar-refractivity contribution in [3.8, 4) is 0 Å². The monoisotopic (exact) mass is 560 g/mol. The average Bonchev–Trinajstić information content (AvgIpc) is 3.49. The Morgan fingerprint density at radius 1 is 0.900 bits per heavy atom. The molecule has 2 aliphatic heterocycles. The maximum atomic E-state index is 13.0. The van der Waals surface area contributed by atoms with Crippen LogP contribution in [0.5, 0.6) is 0 Å². The fourth-order valence-corrected chi connectivity index (χ4v) is 5.65. The second-order valence-electron chi connectivity index (χ2n) is 11.0. The zero-order valence-electron chi connectivity index (χ0n) is 24.0. The van der Waals surface area contributed by atoms with Crippen LogP contribution >= 0.6 is 11.6 Å². The van der Waals surface area contributed by atoms with Crippen molar-refractivity contribution in [3.63, 3.8) is 0 Å². The van der Waals surface area contributed by atoms with Crippen LogP contribution in [0.15, 0.2) is 82.9 Å². The molecule has 2 saturated heterocycles. The number of piperazine rings is 1. The van der Waals surface area contributed by atoms with Crippen LogP contribution in [-0.2, 0) is 11.3 Å². The summed E-state index contributed by atoms with van der Waals surface area (Å²) >= 11 is 6.47. The third-order valence-corrected chi connectivity index (χ3v) is 7.85. The molecule has 7 heteroatoms. The quantitative estimate of drug-likeness (QED) is 0.366. The van der Waals surface area contributed by atoms with Crippen molar-refractivity contribution < 1.29 is 9.59 Å². The first-order valence-corrected chi connectivity index (χ1v) is 14.5. The molecule has 6 nitrogen and oxygen atoms in total. The van der Waals surface area contributed by atoms with Crippen LogP contribution in [0.2, 0.25) is 0 Å². The standard InChI is InChI=1S/C33H41ClN4O2/c1-24(2)20-31(34)30(25(3)4)22-32(39)38-18-16-37(17-19-38)28-12-10-27(11-13-28)33(40)35-23-26-8-7-9-29(21-26)36-14-5-6-15-36/h7-13,20-21H,3,5-6,14-19,22-23H2,1-2,4H3,(H,35,40)/b31-30+. The topological polar surface area (TPSA) is 55.9 Å². The summed E-state index contributed by atoms with van der Waals surface area (Å²) in [5.41, 5.74) is 6.72.